The quantitative estimate of drug-likeness (QED) is 0.894. The maximum atomic E-state index is 4.23. The van der Waals surface area contributed by atoms with Gasteiger partial charge in [-0.25, -0.2) is 9.97 Å². The van der Waals surface area contributed by atoms with Gasteiger partial charge in [0, 0.05) is 18.9 Å². The van der Waals surface area contributed by atoms with Crippen molar-refractivity contribution in [2.75, 3.05) is 11.9 Å². The Hall–Kier alpha value is -1.90. The van der Waals surface area contributed by atoms with Gasteiger partial charge < -0.3 is 5.32 Å². The van der Waals surface area contributed by atoms with Crippen LogP contribution >= 0.6 is 0 Å². The van der Waals surface area contributed by atoms with Crippen LogP contribution in [0.2, 0.25) is 0 Å². The Labute approximate surface area is 108 Å². The van der Waals surface area contributed by atoms with Crippen molar-refractivity contribution in [1.29, 1.82) is 0 Å². The molecule has 2 aromatic rings. The minimum absolute atomic E-state index is 0.701. The van der Waals surface area contributed by atoms with E-state index >= 15 is 0 Å². The summed E-state index contributed by atoms with van der Waals surface area (Å²) in [5.74, 6) is 0.701. The number of nitrogens with zero attached hydrogens (tertiary/aromatic N) is 2. The SMILES string of the molecule is Cc1cnc(NCCc2c(C)cccc2C)nc1. The Morgan fingerprint density at radius 1 is 1.00 bits per heavy atom. The van der Waals surface area contributed by atoms with Gasteiger partial charge in [0.25, 0.3) is 0 Å². The molecule has 1 aromatic heterocycles. The molecule has 2 rings (SSSR count). The van der Waals surface area contributed by atoms with Crippen LogP contribution in [-0.2, 0) is 6.42 Å². The third-order valence-corrected chi connectivity index (χ3v) is 3.08. The molecule has 0 spiro atoms. The molecule has 0 fully saturated rings. The number of hydrogen-bond acceptors (Lipinski definition) is 3. The molecule has 3 nitrogen and oxygen atoms in total. The van der Waals surface area contributed by atoms with Gasteiger partial charge in [0.05, 0.1) is 0 Å². The minimum Gasteiger partial charge on any atom is -0.354 e. The van der Waals surface area contributed by atoms with Gasteiger partial charge in [0.15, 0.2) is 0 Å². The molecule has 18 heavy (non-hydrogen) atoms. The summed E-state index contributed by atoms with van der Waals surface area (Å²) in [5.41, 5.74) is 5.19. The molecule has 0 saturated heterocycles. The average molecular weight is 241 g/mol. The van der Waals surface area contributed by atoms with Crippen LogP contribution in [0.3, 0.4) is 0 Å². The molecule has 0 aliphatic rings. The van der Waals surface area contributed by atoms with E-state index in [0.717, 1.165) is 18.5 Å². The maximum Gasteiger partial charge on any atom is 0.222 e. The second-order valence-corrected chi connectivity index (χ2v) is 4.63. The fraction of sp³-hybridized carbons (Fsp3) is 0.333. The van der Waals surface area contributed by atoms with E-state index < -0.39 is 0 Å². The van der Waals surface area contributed by atoms with Crippen molar-refractivity contribution in [2.24, 2.45) is 0 Å². The highest BCUT2D eigenvalue weighted by Gasteiger charge is 2.02. The zero-order valence-corrected chi connectivity index (χ0v) is 11.2. The van der Waals surface area contributed by atoms with E-state index in [2.05, 4.69) is 47.3 Å². The summed E-state index contributed by atoms with van der Waals surface area (Å²) in [6, 6.07) is 6.42. The molecule has 1 aromatic carbocycles. The summed E-state index contributed by atoms with van der Waals surface area (Å²) in [7, 11) is 0. The van der Waals surface area contributed by atoms with Crippen molar-refractivity contribution in [1.82, 2.24) is 9.97 Å². The summed E-state index contributed by atoms with van der Waals surface area (Å²) in [6.07, 6.45) is 4.65. The summed E-state index contributed by atoms with van der Waals surface area (Å²) < 4.78 is 0. The summed E-state index contributed by atoms with van der Waals surface area (Å²) in [5, 5.41) is 3.25. The van der Waals surface area contributed by atoms with Crippen LogP contribution in [0, 0.1) is 20.8 Å². The lowest BCUT2D eigenvalue weighted by Gasteiger charge is -2.10. The number of anilines is 1. The molecule has 0 unspecified atom stereocenters. The van der Waals surface area contributed by atoms with Gasteiger partial charge in [-0.15, -0.1) is 0 Å². The summed E-state index contributed by atoms with van der Waals surface area (Å²) in [6.45, 7) is 7.16. The summed E-state index contributed by atoms with van der Waals surface area (Å²) in [4.78, 5) is 8.46. The van der Waals surface area contributed by atoms with E-state index in [0.29, 0.717) is 5.95 Å². The monoisotopic (exact) mass is 241 g/mol. The first kappa shape index (κ1) is 12.6. The van der Waals surface area contributed by atoms with Crippen LogP contribution in [-0.4, -0.2) is 16.5 Å². The van der Waals surface area contributed by atoms with E-state index in [1.807, 2.05) is 19.3 Å². The third-order valence-electron chi connectivity index (χ3n) is 3.08. The van der Waals surface area contributed by atoms with Gasteiger partial charge in [0.2, 0.25) is 5.95 Å². The normalized spacial score (nSPS) is 10.4. The lowest BCUT2D eigenvalue weighted by atomic mass is 10.0. The third kappa shape index (κ3) is 3.06. The Balaban J connectivity index is 1.94. The first-order valence-electron chi connectivity index (χ1n) is 6.24. The smallest absolute Gasteiger partial charge is 0.222 e. The van der Waals surface area contributed by atoms with Crippen molar-refractivity contribution in [2.45, 2.75) is 27.2 Å². The van der Waals surface area contributed by atoms with Crippen LogP contribution in [0.5, 0.6) is 0 Å². The second kappa shape index (κ2) is 5.63. The molecular weight excluding hydrogens is 222 g/mol. The van der Waals surface area contributed by atoms with Crippen molar-refractivity contribution in [3.63, 3.8) is 0 Å². The van der Waals surface area contributed by atoms with Crippen LogP contribution in [0.4, 0.5) is 5.95 Å². The van der Waals surface area contributed by atoms with Gasteiger partial charge in [-0.3, -0.25) is 0 Å². The molecule has 0 amide bonds. The number of aromatic nitrogens is 2. The van der Waals surface area contributed by atoms with Gasteiger partial charge in [-0.1, -0.05) is 18.2 Å². The van der Waals surface area contributed by atoms with Gasteiger partial charge in [-0.05, 0) is 49.4 Å². The zero-order chi connectivity index (χ0) is 13.0. The molecule has 0 aliphatic carbocycles. The molecule has 3 heteroatoms. The van der Waals surface area contributed by atoms with E-state index in [4.69, 9.17) is 0 Å². The molecule has 0 aliphatic heterocycles. The Morgan fingerprint density at radius 3 is 2.22 bits per heavy atom. The number of benzene rings is 1. The number of hydrogen-bond donors (Lipinski definition) is 1. The zero-order valence-electron chi connectivity index (χ0n) is 11.2. The molecule has 0 saturated carbocycles. The predicted octanol–water partition coefficient (Wildman–Crippen LogP) is 3.06. The van der Waals surface area contributed by atoms with Gasteiger partial charge in [-0.2, -0.15) is 0 Å². The number of aryl methyl sites for hydroxylation is 3. The highest BCUT2D eigenvalue weighted by molar-refractivity contribution is 5.34. The van der Waals surface area contributed by atoms with Crippen molar-refractivity contribution in [3.8, 4) is 0 Å². The second-order valence-electron chi connectivity index (χ2n) is 4.63. The van der Waals surface area contributed by atoms with Crippen LogP contribution in [0.1, 0.15) is 22.3 Å². The maximum absolute atomic E-state index is 4.23. The first-order valence-corrected chi connectivity index (χ1v) is 6.24. The fourth-order valence-electron chi connectivity index (χ4n) is 2.03. The molecular formula is C15H19N3. The standard InChI is InChI=1S/C15H19N3/c1-11-9-17-15(18-10-11)16-8-7-14-12(2)5-4-6-13(14)3/h4-6,9-10H,7-8H2,1-3H3,(H,16,17,18). The molecule has 0 atom stereocenters. The van der Waals surface area contributed by atoms with Gasteiger partial charge >= 0.3 is 0 Å². The predicted molar refractivity (Wildman–Crippen MR) is 74.9 cm³/mol. The Kier molecular flexibility index (Phi) is 3.92. The van der Waals surface area contributed by atoms with E-state index in [-0.39, 0.29) is 0 Å². The van der Waals surface area contributed by atoms with E-state index in [1.54, 1.807) is 0 Å². The Bertz CT molecular complexity index is 498. The number of nitrogens with one attached hydrogen (secondary N) is 1. The molecule has 94 valence electrons. The molecule has 1 N–H and O–H groups in total. The average Bonchev–Trinajstić information content (AvgIpc) is 2.35. The number of rotatable bonds is 4. The molecule has 1 heterocycles. The highest BCUT2D eigenvalue weighted by Crippen LogP contribution is 2.13. The molecule has 0 radical (unpaired) electrons. The van der Waals surface area contributed by atoms with Crippen LogP contribution in [0.25, 0.3) is 0 Å². The van der Waals surface area contributed by atoms with Crippen molar-refractivity contribution >= 4 is 5.95 Å². The first-order chi connectivity index (χ1) is 8.66. The fourth-order valence-corrected chi connectivity index (χ4v) is 2.03. The molecule has 0 bridgehead atoms. The highest BCUT2D eigenvalue weighted by atomic mass is 15.1. The van der Waals surface area contributed by atoms with Crippen LogP contribution in [0.15, 0.2) is 30.6 Å². The lowest BCUT2D eigenvalue weighted by molar-refractivity contribution is 0.960. The Morgan fingerprint density at radius 2 is 1.61 bits per heavy atom. The summed E-state index contributed by atoms with van der Waals surface area (Å²) >= 11 is 0. The van der Waals surface area contributed by atoms with Crippen LogP contribution < -0.4 is 5.32 Å². The topological polar surface area (TPSA) is 37.8 Å². The minimum atomic E-state index is 0.701. The largest absolute Gasteiger partial charge is 0.354 e. The van der Waals surface area contributed by atoms with E-state index in [1.165, 1.54) is 16.7 Å². The lowest BCUT2D eigenvalue weighted by Crippen LogP contribution is -2.09. The van der Waals surface area contributed by atoms with Gasteiger partial charge in [0.1, 0.15) is 0 Å². The van der Waals surface area contributed by atoms with Crippen molar-refractivity contribution < 1.29 is 0 Å². The van der Waals surface area contributed by atoms with E-state index in [9.17, 15) is 0 Å². The van der Waals surface area contributed by atoms with Crippen molar-refractivity contribution in [3.05, 3.63) is 52.8 Å².